The Morgan fingerprint density at radius 3 is 2.04 bits per heavy atom. The van der Waals surface area contributed by atoms with E-state index in [1.165, 1.54) is 5.56 Å². The summed E-state index contributed by atoms with van der Waals surface area (Å²) in [5.41, 5.74) is 3.08. The summed E-state index contributed by atoms with van der Waals surface area (Å²) in [5.74, 6) is -0.00173. The van der Waals surface area contributed by atoms with Gasteiger partial charge in [0.1, 0.15) is 0 Å². The molecular formula is C19H25NO2S. The Balaban J connectivity index is 2.07. The molecule has 4 heteroatoms. The summed E-state index contributed by atoms with van der Waals surface area (Å²) in [6, 6.07) is 17.1. The van der Waals surface area contributed by atoms with Crippen LogP contribution in [0.3, 0.4) is 0 Å². The van der Waals surface area contributed by atoms with Crippen LogP contribution < -0.4 is 4.72 Å². The molecule has 0 aromatic heterocycles. The van der Waals surface area contributed by atoms with E-state index < -0.39 is 10.0 Å². The second kappa shape index (κ2) is 6.85. The fraction of sp³-hybridized carbons (Fsp3) is 0.368. The summed E-state index contributed by atoms with van der Waals surface area (Å²) in [6.45, 7) is 8.35. The Morgan fingerprint density at radius 1 is 0.957 bits per heavy atom. The van der Waals surface area contributed by atoms with Crippen LogP contribution in [0.1, 0.15) is 50.4 Å². The van der Waals surface area contributed by atoms with E-state index in [4.69, 9.17) is 0 Å². The van der Waals surface area contributed by atoms with Gasteiger partial charge in [-0.1, -0.05) is 75.4 Å². The molecule has 0 aliphatic rings. The van der Waals surface area contributed by atoms with Crippen molar-refractivity contribution in [3.05, 3.63) is 71.3 Å². The fourth-order valence-electron chi connectivity index (χ4n) is 2.44. The zero-order valence-corrected chi connectivity index (χ0v) is 15.0. The predicted molar refractivity (Wildman–Crippen MR) is 95.8 cm³/mol. The molecular weight excluding hydrogens is 306 g/mol. The maximum atomic E-state index is 12.3. The first-order valence-electron chi connectivity index (χ1n) is 7.82. The Bertz CT molecular complexity index is 729. The number of rotatable bonds is 5. The molecule has 0 radical (unpaired) electrons. The van der Waals surface area contributed by atoms with Crippen LogP contribution in [-0.4, -0.2) is 8.42 Å². The zero-order valence-electron chi connectivity index (χ0n) is 14.2. The average molecular weight is 331 g/mol. The summed E-state index contributed by atoms with van der Waals surface area (Å²) in [7, 11) is -3.37. The van der Waals surface area contributed by atoms with Crippen LogP contribution >= 0.6 is 0 Å². The van der Waals surface area contributed by atoms with Gasteiger partial charge in [0.15, 0.2) is 0 Å². The summed E-state index contributed by atoms with van der Waals surface area (Å²) in [4.78, 5) is 0. The minimum Gasteiger partial charge on any atom is -0.212 e. The Kier molecular flexibility index (Phi) is 5.27. The van der Waals surface area contributed by atoms with Crippen molar-refractivity contribution in [1.82, 2.24) is 4.72 Å². The van der Waals surface area contributed by atoms with Crippen molar-refractivity contribution in [2.45, 2.75) is 44.9 Å². The van der Waals surface area contributed by atoms with E-state index in [0.29, 0.717) is 0 Å². The first-order chi connectivity index (χ1) is 10.7. The first kappa shape index (κ1) is 17.7. The van der Waals surface area contributed by atoms with Crippen LogP contribution in [0.25, 0.3) is 0 Å². The molecule has 0 bridgehead atoms. The molecule has 0 aliphatic heterocycles. The maximum Gasteiger partial charge on any atom is 0.216 e. The van der Waals surface area contributed by atoms with Crippen molar-refractivity contribution < 1.29 is 8.42 Å². The molecule has 2 aromatic carbocycles. The minimum atomic E-state index is -3.37. The van der Waals surface area contributed by atoms with Crippen LogP contribution in [0.5, 0.6) is 0 Å². The van der Waals surface area contributed by atoms with E-state index in [1.54, 1.807) is 0 Å². The highest BCUT2D eigenvalue weighted by Gasteiger charge is 2.18. The molecule has 23 heavy (non-hydrogen) atoms. The number of nitrogens with one attached hydrogen (secondary N) is 1. The Hall–Kier alpha value is -1.65. The van der Waals surface area contributed by atoms with Crippen molar-refractivity contribution in [2.75, 3.05) is 0 Å². The van der Waals surface area contributed by atoms with Crippen molar-refractivity contribution in [3.63, 3.8) is 0 Å². The lowest BCUT2D eigenvalue weighted by Crippen LogP contribution is -2.28. The van der Waals surface area contributed by atoms with Crippen molar-refractivity contribution in [3.8, 4) is 0 Å². The van der Waals surface area contributed by atoms with E-state index in [2.05, 4.69) is 37.6 Å². The van der Waals surface area contributed by atoms with Crippen LogP contribution in [0, 0.1) is 0 Å². The van der Waals surface area contributed by atoms with Crippen LogP contribution in [0.4, 0.5) is 0 Å². The standard InChI is InChI=1S/C19H25NO2S/c1-15(17-10-12-18(13-11-17)19(2,3)4)20-23(21,22)14-16-8-6-5-7-9-16/h5-13,15,20H,14H2,1-4H3/t15-/m0/s1. The number of hydrogen-bond donors (Lipinski definition) is 1. The highest BCUT2D eigenvalue weighted by atomic mass is 32.2. The smallest absolute Gasteiger partial charge is 0.212 e. The lowest BCUT2D eigenvalue weighted by Gasteiger charge is -2.20. The van der Waals surface area contributed by atoms with Gasteiger partial charge in [0, 0.05) is 6.04 Å². The molecule has 0 saturated carbocycles. The first-order valence-corrected chi connectivity index (χ1v) is 9.47. The Morgan fingerprint density at radius 2 is 1.52 bits per heavy atom. The largest absolute Gasteiger partial charge is 0.216 e. The molecule has 0 unspecified atom stereocenters. The van der Waals surface area contributed by atoms with Gasteiger partial charge in [-0.15, -0.1) is 0 Å². The van der Waals surface area contributed by atoms with Crippen molar-refractivity contribution >= 4 is 10.0 Å². The predicted octanol–water partition coefficient (Wildman–Crippen LogP) is 4.16. The molecule has 2 rings (SSSR count). The summed E-state index contributed by atoms with van der Waals surface area (Å²) < 4.78 is 27.3. The highest BCUT2D eigenvalue weighted by molar-refractivity contribution is 7.88. The molecule has 3 nitrogen and oxygen atoms in total. The van der Waals surface area contributed by atoms with Crippen LogP contribution in [0.15, 0.2) is 54.6 Å². The number of benzene rings is 2. The molecule has 1 atom stereocenters. The second-order valence-corrected chi connectivity index (χ2v) is 8.71. The second-order valence-electron chi connectivity index (χ2n) is 6.96. The zero-order chi connectivity index (χ0) is 17.1. The van der Waals surface area contributed by atoms with Gasteiger partial charge in [0.05, 0.1) is 5.75 Å². The van der Waals surface area contributed by atoms with Crippen molar-refractivity contribution in [1.29, 1.82) is 0 Å². The minimum absolute atomic E-state index is 0.00173. The van der Waals surface area contributed by atoms with Gasteiger partial charge in [-0.05, 0) is 29.0 Å². The van der Waals surface area contributed by atoms with Crippen LogP contribution in [-0.2, 0) is 21.2 Å². The monoisotopic (exact) mass is 331 g/mol. The third-order valence-electron chi connectivity index (χ3n) is 3.83. The van der Waals surface area contributed by atoms with Gasteiger partial charge < -0.3 is 0 Å². The quantitative estimate of drug-likeness (QED) is 0.894. The van der Waals surface area contributed by atoms with Gasteiger partial charge in [-0.2, -0.15) is 0 Å². The van der Waals surface area contributed by atoms with E-state index >= 15 is 0 Å². The highest BCUT2D eigenvalue weighted by Crippen LogP contribution is 2.24. The summed E-state index contributed by atoms with van der Waals surface area (Å²) >= 11 is 0. The molecule has 0 saturated heterocycles. The lowest BCUT2D eigenvalue weighted by molar-refractivity contribution is 0.565. The molecule has 0 spiro atoms. The number of sulfonamides is 1. The van der Waals surface area contributed by atoms with Gasteiger partial charge in [-0.25, -0.2) is 13.1 Å². The van der Waals surface area contributed by atoms with E-state index in [0.717, 1.165) is 11.1 Å². The van der Waals surface area contributed by atoms with Gasteiger partial charge in [0.2, 0.25) is 10.0 Å². The third kappa shape index (κ3) is 5.19. The fourth-order valence-corrected chi connectivity index (χ4v) is 3.83. The maximum absolute atomic E-state index is 12.3. The molecule has 124 valence electrons. The van der Waals surface area contributed by atoms with Gasteiger partial charge >= 0.3 is 0 Å². The molecule has 0 fully saturated rings. The summed E-state index contributed by atoms with van der Waals surface area (Å²) in [6.07, 6.45) is 0. The van der Waals surface area contributed by atoms with E-state index in [9.17, 15) is 8.42 Å². The SMILES string of the molecule is C[C@H](NS(=O)(=O)Cc1ccccc1)c1ccc(C(C)(C)C)cc1. The average Bonchev–Trinajstić information content (AvgIpc) is 2.46. The number of hydrogen-bond acceptors (Lipinski definition) is 2. The topological polar surface area (TPSA) is 46.2 Å². The molecule has 2 aromatic rings. The van der Waals surface area contributed by atoms with Crippen LogP contribution in [0.2, 0.25) is 0 Å². The molecule has 0 heterocycles. The Labute approximate surface area is 139 Å². The molecule has 0 amide bonds. The van der Waals surface area contributed by atoms with E-state index in [-0.39, 0.29) is 17.2 Å². The normalized spacial score (nSPS) is 13.7. The van der Waals surface area contributed by atoms with Gasteiger partial charge in [0.25, 0.3) is 0 Å². The molecule has 1 N–H and O–H groups in total. The summed E-state index contributed by atoms with van der Waals surface area (Å²) in [5, 5.41) is 0. The van der Waals surface area contributed by atoms with E-state index in [1.807, 2.05) is 49.4 Å². The molecule has 0 aliphatic carbocycles. The lowest BCUT2D eigenvalue weighted by atomic mass is 9.86. The van der Waals surface area contributed by atoms with Gasteiger partial charge in [-0.3, -0.25) is 0 Å². The third-order valence-corrected chi connectivity index (χ3v) is 5.26. The van der Waals surface area contributed by atoms with Crippen molar-refractivity contribution in [2.24, 2.45) is 0 Å².